The van der Waals surface area contributed by atoms with Gasteiger partial charge in [-0.05, 0) is 45.2 Å². The molecule has 0 aliphatic carbocycles. The van der Waals surface area contributed by atoms with Gasteiger partial charge in [-0.3, -0.25) is 0 Å². The third kappa shape index (κ3) is 5.19. The zero-order valence-corrected chi connectivity index (χ0v) is 12.3. The maximum absolute atomic E-state index is 5.15. The van der Waals surface area contributed by atoms with Crippen molar-refractivity contribution in [2.24, 2.45) is 0 Å². The van der Waals surface area contributed by atoms with Crippen molar-refractivity contribution in [2.75, 3.05) is 20.3 Å². The minimum Gasteiger partial charge on any atom is -0.385 e. The fourth-order valence-electron chi connectivity index (χ4n) is 2.35. The van der Waals surface area contributed by atoms with Crippen LogP contribution in [-0.2, 0) is 4.74 Å². The number of aryl methyl sites for hydroxylation is 2. The Labute approximate surface area is 112 Å². The highest BCUT2D eigenvalue weighted by atomic mass is 16.5. The van der Waals surface area contributed by atoms with Gasteiger partial charge < -0.3 is 10.1 Å². The molecule has 1 aromatic carbocycles. The number of methoxy groups -OCH3 is 1. The van der Waals surface area contributed by atoms with E-state index in [1.807, 2.05) is 0 Å². The van der Waals surface area contributed by atoms with E-state index in [-0.39, 0.29) is 0 Å². The largest absolute Gasteiger partial charge is 0.385 e. The summed E-state index contributed by atoms with van der Waals surface area (Å²) in [4.78, 5) is 0. The second-order valence-corrected chi connectivity index (χ2v) is 5.06. The standard InChI is InChI=1S/C16H27NO/c1-5-8-17-16(7-6-9-18-4)15-11-13(2)10-14(3)12-15/h10-12,16-17H,5-9H2,1-4H3. The average Bonchev–Trinajstić information content (AvgIpc) is 2.32. The van der Waals surface area contributed by atoms with Crippen molar-refractivity contribution >= 4 is 0 Å². The Morgan fingerprint density at radius 1 is 1.17 bits per heavy atom. The molecule has 1 unspecified atom stereocenters. The van der Waals surface area contributed by atoms with Gasteiger partial charge in [0.05, 0.1) is 0 Å². The van der Waals surface area contributed by atoms with Crippen molar-refractivity contribution in [3.8, 4) is 0 Å². The van der Waals surface area contributed by atoms with Crippen LogP contribution in [0.15, 0.2) is 18.2 Å². The van der Waals surface area contributed by atoms with Gasteiger partial charge in [0.15, 0.2) is 0 Å². The van der Waals surface area contributed by atoms with Gasteiger partial charge in [0.2, 0.25) is 0 Å². The van der Waals surface area contributed by atoms with E-state index in [0.717, 1.165) is 26.0 Å². The number of ether oxygens (including phenoxy) is 1. The van der Waals surface area contributed by atoms with E-state index in [2.05, 4.69) is 44.3 Å². The molecule has 0 bridgehead atoms. The first kappa shape index (κ1) is 15.2. The Morgan fingerprint density at radius 3 is 2.39 bits per heavy atom. The smallest absolute Gasteiger partial charge is 0.0462 e. The molecule has 0 aromatic heterocycles. The van der Waals surface area contributed by atoms with Crippen LogP contribution in [-0.4, -0.2) is 20.3 Å². The van der Waals surface area contributed by atoms with Crippen molar-refractivity contribution in [1.82, 2.24) is 5.32 Å². The zero-order valence-electron chi connectivity index (χ0n) is 12.3. The second kappa shape index (κ2) is 8.28. The topological polar surface area (TPSA) is 21.3 Å². The lowest BCUT2D eigenvalue weighted by Crippen LogP contribution is -2.22. The van der Waals surface area contributed by atoms with Gasteiger partial charge in [0.25, 0.3) is 0 Å². The molecule has 1 aromatic rings. The minimum absolute atomic E-state index is 0.457. The highest BCUT2D eigenvalue weighted by Crippen LogP contribution is 2.21. The number of rotatable bonds is 8. The molecule has 0 aliphatic rings. The average molecular weight is 249 g/mol. The monoisotopic (exact) mass is 249 g/mol. The summed E-state index contributed by atoms with van der Waals surface area (Å²) in [6, 6.07) is 7.29. The second-order valence-electron chi connectivity index (χ2n) is 5.06. The number of benzene rings is 1. The van der Waals surface area contributed by atoms with Crippen LogP contribution in [0.1, 0.15) is 48.9 Å². The molecule has 0 fully saturated rings. The highest BCUT2D eigenvalue weighted by molar-refractivity contribution is 5.30. The summed E-state index contributed by atoms with van der Waals surface area (Å²) in [7, 11) is 1.77. The van der Waals surface area contributed by atoms with Crippen LogP contribution in [0.2, 0.25) is 0 Å². The molecule has 0 amide bonds. The lowest BCUT2D eigenvalue weighted by Gasteiger charge is -2.20. The summed E-state index contributed by atoms with van der Waals surface area (Å²) in [6.45, 7) is 8.46. The van der Waals surface area contributed by atoms with Gasteiger partial charge in [-0.1, -0.05) is 36.2 Å². The first-order chi connectivity index (χ1) is 8.67. The SMILES string of the molecule is CCCNC(CCCOC)c1cc(C)cc(C)c1. The maximum Gasteiger partial charge on any atom is 0.0462 e. The van der Waals surface area contributed by atoms with Crippen LogP contribution < -0.4 is 5.32 Å². The van der Waals surface area contributed by atoms with Gasteiger partial charge in [-0.15, -0.1) is 0 Å². The molecule has 18 heavy (non-hydrogen) atoms. The predicted molar refractivity (Wildman–Crippen MR) is 78.1 cm³/mol. The molecule has 2 nitrogen and oxygen atoms in total. The third-order valence-electron chi connectivity index (χ3n) is 3.13. The molecule has 2 heteroatoms. The van der Waals surface area contributed by atoms with E-state index in [9.17, 15) is 0 Å². The summed E-state index contributed by atoms with van der Waals surface area (Å²) in [5.41, 5.74) is 4.11. The van der Waals surface area contributed by atoms with E-state index in [1.54, 1.807) is 7.11 Å². The first-order valence-corrected chi connectivity index (χ1v) is 6.98. The van der Waals surface area contributed by atoms with E-state index >= 15 is 0 Å². The summed E-state index contributed by atoms with van der Waals surface area (Å²) in [5.74, 6) is 0. The molecule has 0 heterocycles. The van der Waals surface area contributed by atoms with E-state index in [0.29, 0.717) is 6.04 Å². The Bertz CT molecular complexity index is 329. The number of nitrogens with one attached hydrogen (secondary N) is 1. The fraction of sp³-hybridized carbons (Fsp3) is 0.625. The van der Waals surface area contributed by atoms with Crippen LogP contribution in [0.25, 0.3) is 0 Å². The highest BCUT2D eigenvalue weighted by Gasteiger charge is 2.11. The van der Waals surface area contributed by atoms with Crippen LogP contribution in [0.3, 0.4) is 0 Å². The van der Waals surface area contributed by atoms with Crippen LogP contribution >= 0.6 is 0 Å². The lowest BCUT2D eigenvalue weighted by atomic mass is 9.98. The summed E-state index contributed by atoms with van der Waals surface area (Å²) < 4.78 is 5.15. The van der Waals surface area contributed by atoms with Crippen molar-refractivity contribution in [1.29, 1.82) is 0 Å². The van der Waals surface area contributed by atoms with Gasteiger partial charge in [0.1, 0.15) is 0 Å². The summed E-state index contributed by atoms with van der Waals surface area (Å²) in [6.07, 6.45) is 3.41. The third-order valence-corrected chi connectivity index (χ3v) is 3.13. The predicted octanol–water partition coefficient (Wildman–Crippen LogP) is 3.77. The molecule has 0 saturated carbocycles. The van der Waals surface area contributed by atoms with Crippen LogP contribution in [0, 0.1) is 13.8 Å². The van der Waals surface area contributed by atoms with E-state index < -0.39 is 0 Å². The molecule has 0 radical (unpaired) electrons. The molecular formula is C16H27NO. The molecule has 1 N–H and O–H groups in total. The molecule has 1 atom stereocenters. The fourth-order valence-corrected chi connectivity index (χ4v) is 2.35. The van der Waals surface area contributed by atoms with E-state index in [1.165, 1.54) is 23.1 Å². The molecule has 102 valence electrons. The Kier molecular flexibility index (Phi) is 6.99. The molecule has 0 saturated heterocycles. The molecular weight excluding hydrogens is 222 g/mol. The van der Waals surface area contributed by atoms with Crippen LogP contribution in [0.5, 0.6) is 0 Å². The van der Waals surface area contributed by atoms with Gasteiger partial charge in [-0.25, -0.2) is 0 Å². The van der Waals surface area contributed by atoms with Gasteiger partial charge >= 0.3 is 0 Å². The minimum atomic E-state index is 0.457. The van der Waals surface area contributed by atoms with Crippen LogP contribution in [0.4, 0.5) is 0 Å². The lowest BCUT2D eigenvalue weighted by molar-refractivity contribution is 0.188. The van der Waals surface area contributed by atoms with Crippen molar-refractivity contribution < 1.29 is 4.74 Å². The number of hydrogen-bond acceptors (Lipinski definition) is 2. The molecule has 1 rings (SSSR count). The maximum atomic E-state index is 5.15. The zero-order chi connectivity index (χ0) is 13.4. The Hall–Kier alpha value is -0.860. The van der Waals surface area contributed by atoms with Gasteiger partial charge in [0, 0.05) is 19.8 Å². The van der Waals surface area contributed by atoms with E-state index in [4.69, 9.17) is 4.74 Å². The molecule has 0 spiro atoms. The summed E-state index contributed by atoms with van der Waals surface area (Å²) >= 11 is 0. The normalized spacial score (nSPS) is 12.7. The quantitative estimate of drug-likeness (QED) is 0.708. The van der Waals surface area contributed by atoms with Crippen molar-refractivity contribution in [3.05, 3.63) is 34.9 Å². The number of hydrogen-bond donors (Lipinski definition) is 1. The van der Waals surface area contributed by atoms with Crippen molar-refractivity contribution in [2.45, 2.75) is 46.1 Å². The Morgan fingerprint density at radius 2 is 1.83 bits per heavy atom. The molecule has 0 aliphatic heterocycles. The summed E-state index contributed by atoms with van der Waals surface area (Å²) in [5, 5.41) is 3.64. The Balaban J connectivity index is 2.72. The first-order valence-electron chi connectivity index (χ1n) is 6.98. The van der Waals surface area contributed by atoms with Gasteiger partial charge in [-0.2, -0.15) is 0 Å². The van der Waals surface area contributed by atoms with Crippen molar-refractivity contribution in [3.63, 3.8) is 0 Å².